The standard InChI is InChI=1S/C16H24ClN3S/c1-5-11(6-2)10-20(8-4)14-13-9-12(7-3)21-15(13)19-16(17)18-14/h9,11H,5-8,10H2,1-4H3. The molecule has 0 radical (unpaired) electrons. The van der Waals surface area contributed by atoms with Gasteiger partial charge in [0.15, 0.2) is 0 Å². The molecule has 0 amide bonds. The highest BCUT2D eigenvalue weighted by atomic mass is 35.5. The quantitative estimate of drug-likeness (QED) is 0.657. The number of fused-ring (bicyclic) bond motifs is 1. The van der Waals surface area contributed by atoms with Crippen LogP contribution in [0.15, 0.2) is 6.07 Å². The van der Waals surface area contributed by atoms with E-state index in [9.17, 15) is 0 Å². The van der Waals surface area contributed by atoms with Crippen molar-refractivity contribution in [2.45, 2.75) is 47.0 Å². The summed E-state index contributed by atoms with van der Waals surface area (Å²) >= 11 is 7.86. The highest BCUT2D eigenvalue weighted by molar-refractivity contribution is 7.18. The molecule has 116 valence electrons. The van der Waals surface area contributed by atoms with E-state index in [0.717, 1.165) is 35.5 Å². The number of thiophene rings is 1. The summed E-state index contributed by atoms with van der Waals surface area (Å²) in [6.45, 7) is 10.8. The third-order valence-corrected chi connectivity index (χ3v) is 5.40. The molecule has 0 aliphatic carbocycles. The molecule has 2 heterocycles. The van der Waals surface area contributed by atoms with E-state index < -0.39 is 0 Å². The molecule has 21 heavy (non-hydrogen) atoms. The molecular formula is C16H24ClN3S. The summed E-state index contributed by atoms with van der Waals surface area (Å²) in [5, 5.41) is 1.50. The van der Waals surface area contributed by atoms with Crippen LogP contribution >= 0.6 is 22.9 Å². The summed E-state index contributed by atoms with van der Waals surface area (Å²) in [5.74, 6) is 1.69. The monoisotopic (exact) mass is 325 g/mol. The van der Waals surface area contributed by atoms with E-state index in [-0.39, 0.29) is 0 Å². The average molecular weight is 326 g/mol. The van der Waals surface area contributed by atoms with Gasteiger partial charge in [0.05, 0.1) is 5.39 Å². The van der Waals surface area contributed by atoms with Crippen LogP contribution in [0, 0.1) is 5.92 Å². The molecule has 0 atom stereocenters. The number of nitrogens with zero attached hydrogens (tertiary/aromatic N) is 3. The molecule has 0 fully saturated rings. The molecule has 2 rings (SSSR count). The maximum Gasteiger partial charge on any atom is 0.225 e. The minimum atomic E-state index is 0.352. The Hall–Kier alpha value is -0.870. The summed E-state index contributed by atoms with van der Waals surface area (Å²) in [4.78, 5) is 13.6. The van der Waals surface area contributed by atoms with Gasteiger partial charge in [0, 0.05) is 18.0 Å². The van der Waals surface area contributed by atoms with E-state index >= 15 is 0 Å². The fraction of sp³-hybridized carbons (Fsp3) is 0.625. The lowest BCUT2D eigenvalue weighted by atomic mass is 10.0. The first-order valence-electron chi connectivity index (χ1n) is 7.83. The van der Waals surface area contributed by atoms with Crippen molar-refractivity contribution in [2.75, 3.05) is 18.0 Å². The summed E-state index contributed by atoms with van der Waals surface area (Å²) < 4.78 is 0. The molecule has 2 aromatic heterocycles. The average Bonchev–Trinajstić information content (AvgIpc) is 2.91. The number of aryl methyl sites for hydroxylation is 1. The molecule has 0 aliphatic rings. The lowest BCUT2D eigenvalue weighted by Gasteiger charge is -2.27. The van der Waals surface area contributed by atoms with Crippen molar-refractivity contribution in [2.24, 2.45) is 5.92 Å². The van der Waals surface area contributed by atoms with E-state index in [1.165, 1.54) is 17.7 Å². The second kappa shape index (κ2) is 7.41. The van der Waals surface area contributed by atoms with Gasteiger partial charge in [-0.3, -0.25) is 0 Å². The maximum absolute atomic E-state index is 6.14. The van der Waals surface area contributed by atoms with Crippen LogP contribution in [0.25, 0.3) is 10.2 Å². The Balaban J connectivity index is 2.44. The van der Waals surface area contributed by atoms with Crippen molar-refractivity contribution in [3.8, 4) is 0 Å². The lowest BCUT2D eigenvalue weighted by Crippen LogP contribution is -2.30. The van der Waals surface area contributed by atoms with Crippen LogP contribution in [0.2, 0.25) is 5.28 Å². The van der Waals surface area contributed by atoms with E-state index in [0.29, 0.717) is 11.2 Å². The highest BCUT2D eigenvalue weighted by Gasteiger charge is 2.17. The molecule has 0 bridgehead atoms. The van der Waals surface area contributed by atoms with Gasteiger partial charge in [-0.05, 0) is 36.9 Å². The Morgan fingerprint density at radius 2 is 1.90 bits per heavy atom. The predicted octanol–water partition coefficient (Wildman–Crippen LogP) is 5.17. The topological polar surface area (TPSA) is 29.0 Å². The SMILES string of the molecule is CCc1cc2c(N(CC)CC(CC)CC)nc(Cl)nc2s1. The van der Waals surface area contributed by atoms with Gasteiger partial charge in [-0.25, -0.2) is 4.98 Å². The summed E-state index contributed by atoms with van der Waals surface area (Å²) in [6.07, 6.45) is 3.41. The Kier molecular flexibility index (Phi) is 5.82. The first kappa shape index (κ1) is 16.5. The zero-order valence-electron chi connectivity index (χ0n) is 13.3. The predicted molar refractivity (Wildman–Crippen MR) is 93.8 cm³/mol. The molecule has 3 nitrogen and oxygen atoms in total. The van der Waals surface area contributed by atoms with Crippen LogP contribution in [0.5, 0.6) is 0 Å². The fourth-order valence-electron chi connectivity index (χ4n) is 2.57. The summed E-state index contributed by atoms with van der Waals surface area (Å²) in [5.41, 5.74) is 0. The minimum Gasteiger partial charge on any atom is -0.356 e. The molecule has 0 aromatic carbocycles. The molecule has 0 spiro atoms. The number of halogens is 1. The minimum absolute atomic E-state index is 0.352. The van der Waals surface area contributed by atoms with Crippen molar-refractivity contribution in [3.05, 3.63) is 16.2 Å². The van der Waals surface area contributed by atoms with Gasteiger partial charge >= 0.3 is 0 Å². The Bertz CT molecular complexity index is 592. The van der Waals surface area contributed by atoms with E-state index in [4.69, 9.17) is 11.6 Å². The van der Waals surface area contributed by atoms with Gasteiger partial charge in [-0.2, -0.15) is 4.98 Å². The number of hydrogen-bond acceptors (Lipinski definition) is 4. The largest absolute Gasteiger partial charge is 0.356 e. The van der Waals surface area contributed by atoms with Gasteiger partial charge in [0.2, 0.25) is 5.28 Å². The Labute approximate surface area is 136 Å². The van der Waals surface area contributed by atoms with Gasteiger partial charge in [-0.1, -0.05) is 33.6 Å². The van der Waals surface area contributed by atoms with Crippen LogP contribution in [0.4, 0.5) is 5.82 Å². The third kappa shape index (κ3) is 3.67. The zero-order chi connectivity index (χ0) is 15.4. The second-order valence-electron chi connectivity index (χ2n) is 5.32. The van der Waals surface area contributed by atoms with Crippen molar-refractivity contribution < 1.29 is 0 Å². The highest BCUT2D eigenvalue weighted by Crippen LogP contribution is 2.32. The lowest BCUT2D eigenvalue weighted by molar-refractivity contribution is 0.485. The zero-order valence-corrected chi connectivity index (χ0v) is 14.9. The van der Waals surface area contributed by atoms with Crippen LogP contribution in [0.1, 0.15) is 45.4 Å². The van der Waals surface area contributed by atoms with Crippen molar-refractivity contribution in [3.63, 3.8) is 0 Å². The van der Waals surface area contributed by atoms with Crippen molar-refractivity contribution >= 4 is 39.0 Å². The van der Waals surface area contributed by atoms with Crippen LogP contribution in [-0.4, -0.2) is 23.1 Å². The first-order chi connectivity index (χ1) is 10.1. The van der Waals surface area contributed by atoms with E-state index in [2.05, 4.69) is 48.6 Å². The molecule has 0 aliphatic heterocycles. The molecule has 0 unspecified atom stereocenters. The molecule has 0 N–H and O–H groups in total. The number of rotatable bonds is 7. The van der Waals surface area contributed by atoms with Crippen LogP contribution in [-0.2, 0) is 6.42 Å². The van der Waals surface area contributed by atoms with Gasteiger partial charge in [-0.15, -0.1) is 11.3 Å². The molecule has 0 saturated heterocycles. The van der Waals surface area contributed by atoms with E-state index in [1.807, 2.05) is 0 Å². The van der Waals surface area contributed by atoms with Gasteiger partial charge in [0.25, 0.3) is 0 Å². The number of anilines is 1. The summed E-state index contributed by atoms with van der Waals surface area (Å²) in [7, 11) is 0. The normalized spacial score (nSPS) is 11.5. The molecule has 5 heteroatoms. The fourth-order valence-corrected chi connectivity index (χ4v) is 3.75. The molecular weight excluding hydrogens is 302 g/mol. The van der Waals surface area contributed by atoms with Crippen LogP contribution in [0.3, 0.4) is 0 Å². The van der Waals surface area contributed by atoms with Gasteiger partial charge in [0.1, 0.15) is 10.6 Å². The number of aromatic nitrogens is 2. The van der Waals surface area contributed by atoms with Crippen molar-refractivity contribution in [1.29, 1.82) is 0 Å². The molecule has 2 aromatic rings. The van der Waals surface area contributed by atoms with Gasteiger partial charge < -0.3 is 4.90 Å². The smallest absolute Gasteiger partial charge is 0.225 e. The van der Waals surface area contributed by atoms with E-state index in [1.54, 1.807) is 11.3 Å². The number of hydrogen-bond donors (Lipinski definition) is 0. The Morgan fingerprint density at radius 3 is 2.48 bits per heavy atom. The first-order valence-corrected chi connectivity index (χ1v) is 9.03. The molecule has 0 saturated carbocycles. The summed E-state index contributed by atoms with van der Waals surface area (Å²) in [6, 6.07) is 2.22. The third-order valence-electron chi connectivity index (χ3n) is 4.06. The maximum atomic E-state index is 6.14. The van der Waals surface area contributed by atoms with Crippen molar-refractivity contribution in [1.82, 2.24) is 9.97 Å². The second-order valence-corrected chi connectivity index (χ2v) is 6.78. The Morgan fingerprint density at radius 1 is 1.19 bits per heavy atom. The van der Waals surface area contributed by atoms with Crippen LogP contribution < -0.4 is 4.90 Å².